The Morgan fingerprint density at radius 2 is 1.84 bits per heavy atom. The van der Waals surface area contributed by atoms with Crippen molar-refractivity contribution in [2.75, 3.05) is 0 Å². The molecule has 0 aromatic heterocycles. The fraction of sp³-hybridized carbons (Fsp3) is 0.429. The molecule has 0 fully saturated rings. The molecule has 0 spiro atoms. The molecular formula is C14H17NO3S. The zero-order chi connectivity index (χ0) is 13.5. The Kier molecular flexibility index (Phi) is 3.11. The smallest absolute Gasteiger partial charge is 0.243 e. The van der Waals surface area contributed by atoms with Crippen LogP contribution < -0.4 is 4.72 Å². The van der Waals surface area contributed by atoms with E-state index in [0.717, 1.165) is 30.4 Å². The summed E-state index contributed by atoms with van der Waals surface area (Å²) in [5.41, 5.74) is 1.98. The Morgan fingerprint density at radius 1 is 1.16 bits per heavy atom. The molecule has 1 N–H and O–H groups in total. The van der Waals surface area contributed by atoms with Crippen LogP contribution in [0.15, 0.2) is 34.9 Å². The monoisotopic (exact) mass is 279 g/mol. The molecule has 1 unspecified atom stereocenters. The Balaban J connectivity index is 1.95. The third-order valence-corrected chi connectivity index (χ3v) is 5.20. The highest BCUT2D eigenvalue weighted by molar-refractivity contribution is 7.93. The fourth-order valence-corrected chi connectivity index (χ4v) is 3.99. The van der Waals surface area contributed by atoms with Gasteiger partial charge < -0.3 is 4.74 Å². The highest BCUT2D eigenvalue weighted by atomic mass is 32.2. The second-order valence-corrected chi connectivity index (χ2v) is 6.82. The van der Waals surface area contributed by atoms with Crippen LogP contribution in [-0.2, 0) is 14.8 Å². The molecule has 1 aromatic carbocycles. The average Bonchev–Trinajstić information content (AvgIpc) is 2.39. The van der Waals surface area contributed by atoms with Crippen LogP contribution in [0.25, 0.3) is 0 Å². The van der Waals surface area contributed by atoms with Crippen molar-refractivity contribution in [1.82, 2.24) is 4.72 Å². The lowest BCUT2D eigenvalue weighted by molar-refractivity contribution is 0.0890. The molecule has 2 aliphatic rings. The lowest BCUT2D eigenvalue weighted by atomic mass is 10.1. The van der Waals surface area contributed by atoms with E-state index in [1.165, 1.54) is 0 Å². The number of allylic oxidation sites excluding steroid dienone is 2. The molecular weight excluding hydrogens is 262 g/mol. The molecule has 0 radical (unpaired) electrons. The van der Waals surface area contributed by atoms with Crippen LogP contribution in [0.4, 0.5) is 0 Å². The minimum absolute atomic E-state index is 0.446. The van der Waals surface area contributed by atoms with Crippen molar-refractivity contribution in [2.45, 2.75) is 38.8 Å². The van der Waals surface area contributed by atoms with Crippen molar-refractivity contribution in [3.63, 3.8) is 0 Å². The molecule has 0 saturated carbocycles. The van der Waals surface area contributed by atoms with Gasteiger partial charge in [0.25, 0.3) is 0 Å². The average molecular weight is 279 g/mol. The van der Waals surface area contributed by atoms with Crippen LogP contribution >= 0.6 is 0 Å². The molecule has 19 heavy (non-hydrogen) atoms. The zero-order valence-electron chi connectivity index (χ0n) is 10.8. The van der Waals surface area contributed by atoms with Crippen LogP contribution in [0.3, 0.4) is 0 Å². The molecule has 1 heterocycles. The van der Waals surface area contributed by atoms with E-state index < -0.39 is 16.3 Å². The summed E-state index contributed by atoms with van der Waals surface area (Å²) < 4.78 is 32.9. The molecule has 3 rings (SSSR count). The zero-order valence-corrected chi connectivity index (χ0v) is 11.7. The largest absolute Gasteiger partial charge is 0.473 e. The van der Waals surface area contributed by atoms with E-state index in [0.29, 0.717) is 17.1 Å². The molecule has 102 valence electrons. The van der Waals surface area contributed by atoms with Gasteiger partial charge in [0.2, 0.25) is 10.0 Å². The summed E-state index contributed by atoms with van der Waals surface area (Å²) in [6.07, 6.45) is 2.62. The number of aryl methyl sites for hydroxylation is 1. The Hall–Kier alpha value is -1.33. The van der Waals surface area contributed by atoms with Crippen LogP contribution in [0.1, 0.15) is 43.0 Å². The van der Waals surface area contributed by atoms with Gasteiger partial charge >= 0.3 is 0 Å². The van der Waals surface area contributed by atoms with Gasteiger partial charge in [-0.25, -0.2) is 8.42 Å². The molecule has 1 aromatic rings. The van der Waals surface area contributed by atoms with Gasteiger partial charge in [0.1, 0.15) is 5.76 Å². The van der Waals surface area contributed by atoms with Crippen LogP contribution in [-0.4, -0.2) is 8.42 Å². The first kappa shape index (κ1) is 12.7. The number of ether oxygens (including phenoxy) is 1. The van der Waals surface area contributed by atoms with Crippen LogP contribution in [0.5, 0.6) is 0 Å². The molecule has 4 nitrogen and oxygen atoms in total. The van der Waals surface area contributed by atoms with Gasteiger partial charge in [-0.15, -0.1) is 0 Å². The van der Waals surface area contributed by atoms with Gasteiger partial charge in [-0.1, -0.05) is 29.8 Å². The van der Waals surface area contributed by atoms with E-state index in [1.807, 2.05) is 31.2 Å². The van der Waals surface area contributed by atoms with Gasteiger partial charge in [-0.2, -0.15) is 4.72 Å². The second-order valence-electron chi connectivity index (χ2n) is 5.08. The topological polar surface area (TPSA) is 55.4 Å². The number of rotatable bonds is 1. The number of sulfonamides is 1. The number of nitrogens with one attached hydrogen (secondary N) is 1. The Morgan fingerprint density at radius 3 is 2.58 bits per heavy atom. The first-order valence-corrected chi connectivity index (χ1v) is 8.02. The Labute approximate surface area is 113 Å². The summed E-state index contributed by atoms with van der Waals surface area (Å²) in [4.78, 5) is 0.446. The van der Waals surface area contributed by atoms with E-state index in [2.05, 4.69) is 4.72 Å². The molecule has 5 heteroatoms. The van der Waals surface area contributed by atoms with Gasteiger partial charge in [-0.3, -0.25) is 0 Å². The minimum Gasteiger partial charge on any atom is -0.473 e. The minimum atomic E-state index is -3.39. The van der Waals surface area contributed by atoms with Crippen molar-refractivity contribution in [3.05, 3.63) is 46.1 Å². The second kappa shape index (κ2) is 4.65. The third kappa shape index (κ3) is 2.40. The third-order valence-electron chi connectivity index (χ3n) is 3.60. The molecule has 0 saturated heterocycles. The quantitative estimate of drug-likeness (QED) is 0.860. The highest BCUT2D eigenvalue weighted by Crippen LogP contribution is 2.36. The normalized spacial score (nSPS) is 25.6. The summed E-state index contributed by atoms with van der Waals surface area (Å²) in [5, 5.41) is 0. The summed E-state index contributed by atoms with van der Waals surface area (Å²) >= 11 is 0. The number of hydrogen-bond acceptors (Lipinski definition) is 3. The van der Waals surface area contributed by atoms with Gasteiger partial charge in [0.05, 0.1) is 4.91 Å². The van der Waals surface area contributed by atoms with E-state index in [-0.39, 0.29) is 0 Å². The van der Waals surface area contributed by atoms with Crippen LogP contribution in [0, 0.1) is 6.92 Å². The lowest BCUT2D eigenvalue weighted by Gasteiger charge is -2.31. The van der Waals surface area contributed by atoms with Crippen molar-refractivity contribution < 1.29 is 13.2 Å². The molecule has 0 bridgehead atoms. The Bertz CT molecular complexity index is 617. The first-order chi connectivity index (χ1) is 9.06. The first-order valence-electron chi connectivity index (χ1n) is 6.54. The molecule has 0 amide bonds. The van der Waals surface area contributed by atoms with Crippen molar-refractivity contribution in [3.8, 4) is 0 Å². The summed E-state index contributed by atoms with van der Waals surface area (Å²) in [7, 11) is -3.39. The maximum Gasteiger partial charge on any atom is 0.243 e. The highest BCUT2D eigenvalue weighted by Gasteiger charge is 2.35. The van der Waals surface area contributed by atoms with Gasteiger partial charge in [0.15, 0.2) is 6.23 Å². The van der Waals surface area contributed by atoms with E-state index in [4.69, 9.17) is 4.74 Å². The summed E-state index contributed by atoms with van der Waals surface area (Å²) in [5.74, 6) is 0.649. The van der Waals surface area contributed by atoms with Crippen molar-refractivity contribution in [1.29, 1.82) is 0 Å². The summed E-state index contributed by atoms with van der Waals surface area (Å²) in [6.45, 7) is 2.00. The van der Waals surface area contributed by atoms with Crippen molar-refractivity contribution >= 4 is 10.0 Å². The van der Waals surface area contributed by atoms with Crippen molar-refractivity contribution in [2.24, 2.45) is 0 Å². The van der Waals surface area contributed by atoms with E-state index in [1.54, 1.807) is 0 Å². The predicted octanol–water partition coefficient (Wildman–Crippen LogP) is 2.73. The number of hydrogen-bond donors (Lipinski definition) is 1. The van der Waals surface area contributed by atoms with E-state index in [9.17, 15) is 8.42 Å². The fourth-order valence-electron chi connectivity index (χ4n) is 2.51. The summed E-state index contributed by atoms with van der Waals surface area (Å²) in [6, 6.07) is 7.71. The molecule has 1 atom stereocenters. The maximum absolute atomic E-state index is 12.2. The van der Waals surface area contributed by atoms with Crippen LogP contribution in [0.2, 0.25) is 0 Å². The number of benzene rings is 1. The molecule has 1 aliphatic carbocycles. The molecule has 1 aliphatic heterocycles. The van der Waals surface area contributed by atoms with E-state index >= 15 is 0 Å². The standard InChI is InChI=1S/C14H17NO3S/c1-10-6-8-11(9-7-10)14-15-19(16,17)13-5-3-2-4-12(13)18-14/h6-9,14-15H,2-5H2,1H3. The van der Waals surface area contributed by atoms with Gasteiger partial charge in [0, 0.05) is 12.0 Å². The van der Waals surface area contributed by atoms with Gasteiger partial charge in [-0.05, 0) is 26.2 Å². The lowest BCUT2D eigenvalue weighted by Crippen LogP contribution is -2.37. The maximum atomic E-state index is 12.2. The predicted molar refractivity (Wildman–Crippen MR) is 72.6 cm³/mol. The SMILES string of the molecule is Cc1ccc(C2NS(=O)(=O)C3=C(CCCC3)O2)cc1.